The predicted octanol–water partition coefficient (Wildman–Crippen LogP) is 0.378. The Labute approximate surface area is 67.0 Å². The molecule has 1 atom stereocenters. The van der Waals surface area contributed by atoms with E-state index in [-0.39, 0.29) is 11.4 Å². The van der Waals surface area contributed by atoms with Gasteiger partial charge in [0.15, 0.2) is 0 Å². The van der Waals surface area contributed by atoms with Crippen molar-refractivity contribution in [3.05, 3.63) is 0 Å². The van der Waals surface area contributed by atoms with Crippen LogP contribution in [-0.2, 0) is 4.79 Å². The minimum atomic E-state index is -0.755. The molecule has 0 radical (unpaired) electrons. The maximum atomic E-state index is 11.2. The van der Waals surface area contributed by atoms with E-state index >= 15 is 0 Å². The average Bonchev–Trinajstić information content (AvgIpc) is 2.11. The first-order valence-electron chi connectivity index (χ1n) is 3.92. The standard InChI is InChI=1S/C8H15NO2/c1-8(2,3)9-5-4-6(10)7(9)11/h6,10H,4-5H2,1-3H3/t6-/m0/s1. The highest BCUT2D eigenvalue weighted by Gasteiger charge is 2.36. The Bertz CT molecular complexity index is 171. The number of amides is 1. The summed E-state index contributed by atoms with van der Waals surface area (Å²) in [6, 6.07) is 0. The second-order valence-corrected chi connectivity index (χ2v) is 3.97. The summed E-state index contributed by atoms with van der Waals surface area (Å²) in [6.45, 7) is 6.61. The van der Waals surface area contributed by atoms with E-state index in [1.807, 2.05) is 20.8 Å². The highest BCUT2D eigenvalue weighted by molar-refractivity contribution is 5.83. The van der Waals surface area contributed by atoms with Gasteiger partial charge in [-0.3, -0.25) is 4.79 Å². The van der Waals surface area contributed by atoms with Gasteiger partial charge in [0.05, 0.1) is 0 Å². The zero-order valence-electron chi connectivity index (χ0n) is 7.29. The Morgan fingerprint density at radius 1 is 1.55 bits per heavy atom. The molecular weight excluding hydrogens is 142 g/mol. The molecule has 1 fully saturated rings. The Kier molecular flexibility index (Phi) is 1.92. The minimum absolute atomic E-state index is 0.127. The van der Waals surface area contributed by atoms with Crippen LogP contribution in [0.3, 0.4) is 0 Å². The van der Waals surface area contributed by atoms with Crippen molar-refractivity contribution in [1.29, 1.82) is 0 Å². The Hall–Kier alpha value is -0.570. The van der Waals surface area contributed by atoms with Crippen LogP contribution in [0.5, 0.6) is 0 Å². The van der Waals surface area contributed by atoms with Crippen LogP contribution in [0, 0.1) is 0 Å². The molecule has 0 spiro atoms. The number of hydrogen-bond donors (Lipinski definition) is 1. The summed E-state index contributed by atoms with van der Waals surface area (Å²) in [7, 11) is 0. The molecule has 11 heavy (non-hydrogen) atoms. The SMILES string of the molecule is CC(C)(C)N1CC[C@H](O)C1=O. The van der Waals surface area contributed by atoms with Gasteiger partial charge in [-0.2, -0.15) is 0 Å². The number of aliphatic hydroxyl groups excluding tert-OH is 1. The molecule has 3 nitrogen and oxygen atoms in total. The number of carbonyl (C=O) groups is 1. The second kappa shape index (κ2) is 2.48. The van der Waals surface area contributed by atoms with Crippen LogP contribution >= 0.6 is 0 Å². The maximum Gasteiger partial charge on any atom is 0.251 e. The molecule has 1 N–H and O–H groups in total. The average molecular weight is 157 g/mol. The van der Waals surface area contributed by atoms with Gasteiger partial charge in [-0.1, -0.05) is 0 Å². The first kappa shape index (κ1) is 8.53. The van der Waals surface area contributed by atoms with Crippen molar-refractivity contribution < 1.29 is 9.90 Å². The summed E-state index contributed by atoms with van der Waals surface area (Å²) < 4.78 is 0. The third-order valence-corrected chi connectivity index (χ3v) is 1.99. The normalized spacial score (nSPS) is 26.4. The zero-order chi connectivity index (χ0) is 8.65. The smallest absolute Gasteiger partial charge is 0.251 e. The lowest BCUT2D eigenvalue weighted by molar-refractivity contribution is -0.138. The second-order valence-electron chi connectivity index (χ2n) is 3.97. The molecule has 1 aliphatic rings. The van der Waals surface area contributed by atoms with Gasteiger partial charge in [0, 0.05) is 12.1 Å². The molecule has 0 bridgehead atoms. The molecule has 1 rings (SSSR count). The largest absolute Gasteiger partial charge is 0.383 e. The Morgan fingerprint density at radius 2 is 2.09 bits per heavy atom. The molecule has 0 unspecified atom stereocenters. The lowest BCUT2D eigenvalue weighted by atomic mass is 10.1. The molecule has 64 valence electrons. The van der Waals surface area contributed by atoms with Crippen molar-refractivity contribution in [2.75, 3.05) is 6.54 Å². The van der Waals surface area contributed by atoms with E-state index in [9.17, 15) is 4.79 Å². The van der Waals surface area contributed by atoms with Crippen LogP contribution in [0.4, 0.5) is 0 Å². The number of hydrogen-bond acceptors (Lipinski definition) is 2. The van der Waals surface area contributed by atoms with Gasteiger partial charge < -0.3 is 10.0 Å². The van der Waals surface area contributed by atoms with E-state index in [2.05, 4.69) is 0 Å². The van der Waals surface area contributed by atoms with E-state index in [4.69, 9.17) is 5.11 Å². The van der Waals surface area contributed by atoms with E-state index in [0.717, 1.165) is 0 Å². The summed E-state index contributed by atoms with van der Waals surface area (Å²) in [4.78, 5) is 12.9. The fraction of sp³-hybridized carbons (Fsp3) is 0.875. The minimum Gasteiger partial charge on any atom is -0.383 e. The maximum absolute atomic E-state index is 11.2. The number of rotatable bonds is 0. The molecule has 1 saturated heterocycles. The topological polar surface area (TPSA) is 40.5 Å². The zero-order valence-corrected chi connectivity index (χ0v) is 7.29. The molecule has 1 amide bonds. The van der Waals surface area contributed by atoms with Crippen molar-refractivity contribution in [1.82, 2.24) is 4.90 Å². The van der Waals surface area contributed by atoms with E-state index in [0.29, 0.717) is 13.0 Å². The van der Waals surface area contributed by atoms with Gasteiger partial charge in [-0.25, -0.2) is 0 Å². The number of carbonyl (C=O) groups excluding carboxylic acids is 1. The van der Waals surface area contributed by atoms with Crippen LogP contribution in [0.25, 0.3) is 0 Å². The van der Waals surface area contributed by atoms with Gasteiger partial charge in [0.1, 0.15) is 6.10 Å². The molecular formula is C8H15NO2. The molecule has 1 aliphatic heterocycles. The van der Waals surface area contributed by atoms with Crippen molar-refractivity contribution >= 4 is 5.91 Å². The summed E-state index contributed by atoms with van der Waals surface area (Å²) >= 11 is 0. The molecule has 0 aliphatic carbocycles. The molecule has 3 heteroatoms. The summed E-state index contributed by atoms with van der Waals surface area (Å²) in [5, 5.41) is 9.14. The van der Waals surface area contributed by atoms with Crippen LogP contribution in [-0.4, -0.2) is 34.1 Å². The Balaban J connectivity index is 2.70. The lowest BCUT2D eigenvalue weighted by Gasteiger charge is -2.31. The quantitative estimate of drug-likeness (QED) is 0.552. The molecule has 0 saturated carbocycles. The highest BCUT2D eigenvalue weighted by atomic mass is 16.3. The van der Waals surface area contributed by atoms with Gasteiger partial charge in [0.2, 0.25) is 0 Å². The number of likely N-dealkylation sites (tertiary alicyclic amines) is 1. The summed E-state index contributed by atoms with van der Waals surface area (Å²) in [5.41, 5.74) is -0.144. The van der Waals surface area contributed by atoms with E-state index in [1.165, 1.54) is 0 Å². The third-order valence-electron chi connectivity index (χ3n) is 1.99. The first-order chi connectivity index (χ1) is 4.93. The van der Waals surface area contributed by atoms with Crippen molar-refractivity contribution in [3.63, 3.8) is 0 Å². The lowest BCUT2D eigenvalue weighted by Crippen LogP contribution is -2.43. The third kappa shape index (κ3) is 1.53. The van der Waals surface area contributed by atoms with Gasteiger partial charge in [0.25, 0.3) is 5.91 Å². The predicted molar refractivity (Wildman–Crippen MR) is 42.1 cm³/mol. The monoisotopic (exact) mass is 157 g/mol. The van der Waals surface area contributed by atoms with Crippen LogP contribution in [0.2, 0.25) is 0 Å². The fourth-order valence-electron chi connectivity index (χ4n) is 1.33. The van der Waals surface area contributed by atoms with Gasteiger partial charge in [-0.05, 0) is 27.2 Å². The van der Waals surface area contributed by atoms with Crippen molar-refractivity contribution in [2.24, 2.45) is 0 Å². The highest BCUT2D eigenvalue weighted by Crippen LogP contribution is 2.21. The van der Waals surface area contributed by atoms with Crippen LogP contribution in [0.1, 0.15) is 27.2 Å². The van der Waals surface area contributed by atoms with E-state index < -0.39 is 6.10 Å². The van der Waals surface area contributed by atoms with Gasteiger partial charge in [-0.15, -0.1) is 0 Å². The van der Waals surface area contributed by atoms with Crippen molar-refractivity contribution in [2.45, 2.75) is 38.8 Å². The van der Waals surface area contributed by atoms with Crippen LogP contribution < -0.4 is 0 Å². The first-order valence-corrected chi connectivity index (χ1v) is 3.92. The van der Waals surface area contributed by atoms with Crippen molar-refractivity contribution in [3.8, 4) is 0 Å². The number of nitrogens with zero attached hydrogens (tertiary/aromatic N) is 1. The molecule has 0 aromatic heterocycles. The Morgan fingerprint density at radius 3 is 2.27 bits per heavy atom. The van der Waals surface area contributed by atoms with Gasteiger partial charge >= 0.3 is 0 Å². The molecule has 0 aromatic carbocycles. The number of aliphatic hydroxyl groups is 1. The molecule has 1 heterocycles. The summed E-state index contributed by atoms with van der Waals surface area (Å²) in [6.07, 6.45) is -0.176. The fourth-order valence-corrected chi connectivity index (χ4v) is 1.33. The van der Waals surface area contributed by atoms with Crippen LogP contribution in [0.15, 0.2) is 0 Å². The van der Waals surface area contributed by atoms with E-state index in [1.54, 1.807) is 4.90 Å². The summed E-state index contributed by atoms with van der Waals surface area (Å²) in [5.74, 6) is -0.127. The molecule has 0 aromatic rings.